The van der Waals surface area contributed by atoms with Gasteiger partial charge >= 0.3 is 0 Å². The minimum absolute atomic E-state index is 0.698. The molecule has 1 rings (SSSR count). The van der Waals surface area contributed by atoms with Crippen LogP contribution in [-0.2, 0) is 6.54 Å². The summed E-state index contributed by atoms with van der Waals surface area (Å²) in [6.45, 7) is 0.698. The number of nitrogens with two attached hydrogens (primary N) is 1. The van der Waals surface area contributed by atoms with Crippen LogP contribution in [0, 0.1) is 0 Å². The van der Waals surface area contributed by atoms with Crippen molar-refractivity contribution in [3.8, 4) is 5.75 Å². The summed E-state index contributed by atoms with van der Waals surface area (Å²) >= 11 is 0. The highest BCUT2D eigenvalue weighted by Gasteiger charge is 2.01. The van der Waals surface area contributed by atoms with Crippen molar-refractivity contribution in [2.75, 3.05) is 14.2 Å². The number of methoxy groups -OCH3 is 1. The molecule has 0 amide bonds. The summed E-state index contributed by atoms with van der Waals surface area (Å²) in [5.41, 5.74) is 1.10. The molecule has 0 spiro atoms. The molecule has 0 aromatic heterocycles. The molecule has 3 heteroatoms. The molecule has 0 aliphatic rings. The lowest BCUT2D eigenvalue weighted by atomic mass is 10.2. The van der Waals surface area contributed by atoms with Gasteiger partial charge in [-0.1, -0.05) is 18.2 Å². The van der Waals surface area contributed by atoms with Crippen LogP contribution in [0.15, 0.2) is 24.3 Å². The standard InChI is InChI=1S/C9H14N2O/c1-11(10)7-8-5-3-4-6-9(8)12-2/h3-6H,7,10H2,1-2H3. The van der Waals surface area contributed by atoms with Crippen LogP contribution in [-0.4, -0.2) is 19.2 Å². The molecule has 2 N–H and O–H groups in total. The Kier molecular flexibility index (Phi) is 3.08. The number of benzene rings is 1. The summed E-state index contributed by atoms with van der Waals surface area (Å²) in [6.07, 6.45) is 0. The van der Waals surface area contributed by atoms with E-state index in [9.17, 15) is 0 Å². The van der Waals surface area contributed by atoms with E-state index >= 15 is 0 Å². The fourth-order valence-electron chi connectivity index (χ4n) is 1.10. The molecule has 0 aliphatic carbocycles. The van der Waals surface area contributed by atoms with Gasteiger partial charge in [0.25, 0.3) is 0 Å². The van der Waals surface area contributed by atoms with Gasteiger partial charge in [-0.2, -0.15) is 0 Å². The molecule has 0 saturated carbocycles. The topological polar surface area (TPSA) is 38.5 Å². The van der Waals surface area contributed by atoms with E-state index in [0.29, 0.717) is 6.54 Å². The van der Waals surface area contributed by atoms with Crippen molar-refractivity contribution in [1.82, 2.24) is 5.01 Å². The van der Waals surface area contributed by atoms with Crippen LogP contribution in [0.25, 0.3) is 0 Å². The van der Waals surface area contributed by atoms with Crippen molar-refractivity contribution < 1.29 is 4.74 Å². The maximum Gasteiger partial charge on any atom is 0.123 e. The monoisotopic (exact) mass is 166 g/mol. The number of nitrogens with zero attached hydrogens (tertiary/aromatic N) is 1. The van der Waals surface area contributed by atoms with Crippen molar-refractivity contribution >= 4 is 0 Å². The van der Waals surface area contributed by atoms with E-state index in [4.69, 9.17) is 10.6 Å². The Morgan fingerprint density at radius 3 is 2.67 bits per heavy atom. The number of hydrogen-bond acceptors (Lipinski definition) is 3. The highest BCUT2D eigenvalue weighted by Crippen LogP contribution is 2.17. The van der Waals surface area contributed by atoms with Gasteiger partial charge < -0.3 is 4.74 Å². The van der Waals surface area contributed by atoms with E-state index < -0.39 is 0 Å². The van der Waals surface area contributed by atoms with Crippen LogP contribution in [0.5, 0.6) is 5.75 Å². The molecule has 3 nitrogen and oxygen atoms in total. The maximum atomic E-state index is 5.53. The molecule has 0 bridgehead atoms. The molecule has 1 aromatic carbocycles. The van der Waals surface area contributed by atoms with E-state index in [0.717, 1.165) is 11.3 Å². The Balaban J connectivity index is 2.82. The van der Waals surface area contributed by atoms with E-state index in [2.05, 4.69) is 0 Å². The highest BCUT2D eigenvalue weighted by molar-refractivity contribution is 5.32. The average Bonchev–Trinajstić information content (AvgIpc) is 2.04. The van der Waals surface area contributed by atoms with E-state index in [1.165, 1.54) is 0 Å². The Labute approximate surface area is 72.7 Å². The lowest BCUT2D eigenvalue weighted by molar-refractivity contribution is 0.329. The minimum atomic E-state index is 0.698. The predicted octanol–water partition coefficient (Wildman–Crippen LogP) is 1.00. The van der Waals surface area contributed by atoms with Gasteiger partial charge in [0.1, 0.15) is 5.75 Å². The van der Waals surface area contributed by atoms with Gasteiger partial charge in [-0.25, -0.2) is 5.01 Å². The highest BCUT2D eigenvalue weighted by atomic mass is 16.5. The van der Waals surface area contributed by atoms with Crippen LogP contribution >= 0.6 is 0 Å². The molecule has 0 saturated heterocycles. The largest absolute Gasteiger partial charge is 0.496 e. The van der Waals surface area contributed by atoms with Gasteiger partial charge in [-0.15, -0.1) is 0 Å². The van der Waals surface area contributed by atoms with Gasteiger partial charge in [-0.05, 0) is 6.07 Å². The minimum Gasteiger partial charge on any atom is -0.496 e. The van der Waals surface area contributed by atoms with Crippen molar-refractivity contribution in [2.24, 2.45) is 5.84 Å². The molecule has 66 valence electrons. The zero-order valence-corrected chi connectivity index (χ0v) is 7.45. The summed E-state index contributed by atoms with van der Waals surface area (Å²) in [7, 11) is 3.49. The van der Waals surface area contributed by atoms with Crippen LogP contribution in [0.2, 0.25) is 0 Å². The van der Waals surface area contributed by atoms with Crippen LogP contribution < -0.4 is 10.6 Å². The van der Waals surface area contributed by atoms with Crippen LogP contribution in [0.4, 0.5) is 0 Å². The first-order valence-corrected chi connectivity index (χ1v) is 3.81. The van der Waals surface area contributed by atoms with Crippen molar-refractivity contribution in [2.45, 2.75) is 6.54 Å². The number of hydrogen-bond donors (Lipinski definition) is 1. The summed E-state index contributed by atoms with van der Waals surface area (Å²) < 4.78 is 5.16. The molecule has 12 heavy (non-hydrogen) atoms. The lowest BCUT2D eigenvalue weighted by Gasteiger charge is -2.12. The number of rotatable bonds is 3. The summed E-state index contributed by atoms with van der Waals surface area (Å²) in [6, 6.07) is 7.85. The van der Waals surface area contributed by atoms with Gasteiger partial charge in [0.15, 0.2) is 0 Å². The van der Waals surface area contributed by atoms with E-state index in [1.807, 2.05) is 31.3 Å². The van der Waals surface area contributed by atoms with E-state index in [-0.39, 0.29) is 0 Å². The predicted molar refractivity (Wildman–Crippen MR) is 48.6 cm³/mol. The molecule has 0 heterocycles. The second kappa shape index (κ2) is 4.09. The Bertz CT molecular complexity index is 248. The summed E-state index contributed by atoms with van der Waals surface area (Å²) in [5.74, 6) is 6.41. The van der Waals surface area contributed by atoms with Crippen molar-refractivity contribution in [3.63, 3.8) is 0 Å². The first kappa shape index (κ1) is 9.03. The number of hydrazine groups is 1. The van der Waals surface area contributed by atoms with Gasteiger partial charge in [0.05, 0.1) is 7.11 Å². The second-order valence-corrected chi connectivity index (χ2v) is 2.73. The van der Waals surface area contributed by atoms with E-state index in [1.54, 1.807) is 12.1 Å². The average molecular weight is 166 g/mol. The molecule has 0 radical (unpaired) electrons. The molecule has 0 atom stereocenters. The van der Waals surface area contributed by atoms with Crippen molar-refractivity contribution in [3.05, 3.63) is 29.8 Å². The number of para-hydroxylation sites is 1. The smallest absolute Gasteiger partial charge is 0.123 e. The normalized spacial score (nSPS) is 10.3. The summed E-state index contributed by atoms with van der Waals surface area (Å²) in [4.78, 5) is 0. The molecular formula is C9H14N2O. The van der Waals surface area contributed by atoms with Gasteiger partial charge in [-0.3, -0.25) is 5.84 Å². The zero-order valence-electron chi connectivity index (χ0n) is 7.45. The summed E-state index contributed by atoms with van der Waals surface area (Å²) in [5, 5.41) is 1.62. The van der Waals surface area contributed by atoms with Gasteiger partial charge in [0.2, 0.25) is 0 Å². The Morgan fingerprint density at radius 2 is 2.08 bits per heavy atom. The second-order valence-electron chi connectivity index (χ2n) is 2.73. The molecule has 1 aromatic rings. The molecular weight excluding hydrogens is 152 g/mol. The SMILES string of the molecule is COc1ccccc1CN(C)N. The number of ether oxygens (including phenoxy) is 1. The van der Waals surface area contributed by atoms with Crippen molar-refractivity contribution in [1.29, 1.82) is 0 Å². The van der Waals surface area contributed by atoms with Crippen LogP contribution in [0.1, 0.15) is 5.56 Å². The third kappa shape index (κ3) is 2.22. The fraction of sp³-hybridized carbons (Fsp3) is 0.333. The first-order valence-electron chi connectivity index (χ1n) is 3.81. The third-order valence-corrected chi connectivity index (χ3v) is 1.61. The van der Waals surface area contributed by atoms with Gasteiger partial charge in [0, 0.05) is 19.2 Å². The van der Waals surface area contributed by atoms with Crippen LogP contribution in [0.3, 0.4) is 0 Å². The lowest BCUT2D eigenvalue weighted by Crippen LogP contribution is -2.25. The first-order chi connectivity index (χ1) is 5.74. The quantitative estimate of drug-likeness (QED) is 0.538. The molecule has 0 unspecified atom stereocenters. The fourth-order valence-corrected chi connectivity index (χ4v) is 1.10. The maximum absolute atomic E-state index is 5.53. The Morgan fingerprint density at radius 1 is 1.42 bits per heavy atom. The molecule has 0 aliphatic heterocycles. The zero-order chi connectivity index (χ0) is 8.97. The Hall–Kier alpha value is -1.06. The third-order valence-electron chi connectivity index (χ3n) is 1.61. The molecule has 0 fully saturated rings.